The quantitative estimate of drug-likeness (QED) is 0.562. The maximum atomic E-state index is 13.8. The number of nitrogens with zero attached hydrogens (tertiary/aromatic N) is 2. The van der Waals surface area contributed by atoms with Gasteiger partial charge in [0.15, 0.2) is 5.06 Å². The van der Waals surface area contributed by atoms with Crippen molar-refractivity contribution in [2.24, 2.45) is 0 Å². The summed E-state index contributed by atoms with van der Waals surface area (Å²) in [7, 11) is 0. The van der Waals surface area contributed by atoms with Crippen molar-refractivity contribution in [1.82, 2.24) is 20.4 Å². The Balaban J connectivity index is 1.41. The van der Waals surface area contributed by atoms with Gasteiger partial charge in [-0.15, -0.1) is 0 Å². The number of amides is 1. The lowest BCUT2D eigenvalue weighted by atomic mass is 9.86. The van der Waals surface area contributed by atoms with Crippen LogP contribution in [0.15, 0.2) is 34.9 Å². The molecule has 1 amide bonds. The monoisotopic (exact) mass is 508 g/mol. The number of piperidine rings is 1. The van der Waals surface area contributed by atoms with Crippen LogP contribution in [0.2, 0.25) is 0 Å². The number of thiophene rings is 1. The number of hydrogen-bond donors (Lipinski definition) is 2. The summed E-state index contributed by atoms with van der Waals surface area (Å²) < 4.78 is 36.1. The molecule has 4 heterocycles. The Hall–Kier alpha value is -2.30. The number of halogens is 3. The van der Waals surface area contributed by atoms with Crippen molar-refractivity contribution in [3.8, 4) is 16.3 Å². The van der Waals surface area contributed by atoms with Gasteiger partial charge >= 0.3 is 0 Å². The Labute approximate surface area is 189 Å². The topological polar surface area (TPSA) is 68.2 Å². The summed E-state index contributed by atoms with van der Waals surface area (Å²) in [5, 5.41) is 11.3. The van der Waals surface area contributed by atoms with Gasteiger partial charge in [-0.2, -0.15) is 5.10 Å². The standard InChI is InChI=1S/C21H19BrF2N4O2S/c22-16-9-26-28-3-4-30-21-15(19(16)28)8-18(31-21)20(29)27-17-10-25-2-1-14(17)11-5-12(23)7-13(24)6-11/h5-9,14,17,25H,1-4,10H2,(H,27,29)/t14-,17+/m0/s1. The summed E-state index contributed by atoms with van der Waals surface area (Å²) in [6, 6.07) is 5.07. The number of fused-ring (bicyclic) bond motifs is 3. The molecule has 10 heteroatoms. The molecule has 5 rings (SSSR count). The molecule has 3 aromatic rings. The zero-order valence-corrected chi connectivity index (χ0v) is 18.7. The fraction of sp³-hybridized carbons (Fsp3) is 0.333. The molecule has 2 atom stereocenters. The van der Waals surface area contributed by atoms with Gasteiger partial charge in [-0.3, -0.25) is 9.48 Å². The molecule has 2 aromatic heterocycles. The molecular formula is C21H19BrF2N4O2S. The predicted octanol–water partition coefficient (Wildman–Crippen LogP) is 3.92. The second kappa shape index (κ2) is 8.33. The van der Waals surface area contributed by atoms with Crippen molar-refractivity contribution < 1.29 is 18.3 Å². The van der Waals surface area contributed by atoms with Crippen molar-refractivity contribution in [2.75, 3.05) is 19.7 Å². The average molecular weight is 509 g/mol. The van der Waals surface area contributed by atoms with Crippen LogP contribution in [0.1, 0.15) is 27.6 Å². The molecule has 0 bridgehead atoms. The highest BCUT2D eigenvalue weighted by Gasteiger charge is 2.30. The fourth-order valence-corrected chi connectivity index (χ4v) is 5.67. The van der Waals surface area contributed by atoms with E-state index in [1.165, 1.54) is 23.5 Å². The van der Waals surface area contributed by atoms with Gasteiger partial charge in [0.05, 0.1) is 33.3 Å². The van der Waals surface area contributed by atoms with E-state index in [1.54, 1.807) is 6.20 Å². The van der Waals surface area contributed by atoms with Crippen LogP contribution in [0.3, 0.4) is 0 Å². The summed E-state index contributed by atoms with van der Waals surface area (Å²) in [4.78, 5) is 13.6. The van der Waals surface area contributed by atoms with Crippen LogP contribution in [0, 0.1) is 11.6 Å². The third-order valence-electron chi connectivity index (χ3n) is 5.62. The van der Waals surface area contributed by atoms with E-state index < -0.39 is 11.6 Å². The van der Waals surface area contributed by atoms with Gasteiger partial charge in [0.2, 0.25) is 0 Å². The molecule has 2 aliphatic heterocycles. The van der Waals surface area contributed by atoms with Crippen LogP contribution < -0.4 is 15.4 Å². The minimum absolute atomic E-state index is 0.181. The van der Waals surface area contributed by atoms with Crippen molar-refractivity contribution in [3.05, 3.63) is 57.0 Å². The number of rotatable bonds is 3. The molecular weight excluding hydrogens is 490 g/mol. The summed E-state index contributed by atoms with van der Waals surface area (Å²) >= 11 is 4.81. The molecule has 1 fully saturated rings. The molecule has 162 valence electrons. The normalized spacial score (nSPS) is 20.4. The van der Waals surface area contributed by atoms with Gasteiger partial charge < -0.3 is 15.4 Å². The lowest BCUT2D eigenvalue weighted by molar-refractivity contribution is 0.0928. The Morgan fingerprint density at radius 1 is 1.29 bits per heavy atom. The lowest BCUT2D eigenvalue weighted by Crippen LogP contribution is -2.49. The predicted molar refractivity (Wildman–Crippen MR) is 117 cm³/mol. The largest absolute Gasteiger partial charge is 0.481 e. The number of ether oxygens (including phenoxy) is 1. The van der Waals surface area contributed by atoms with E-state index in [2.05, 4.69) is 31.7 Å². The van der Waals surface area contributed by atoms with Crippen LogP contribution in [0.4, 0.5) is 8.78 Å². The van der Waals surface area contributed by atoms with Crippen LogP contribution in [-0.2, 0) is 6.54 Å². The molecule has 31 heavy (non-hydrogen) atoms. The summed E-state index contributed by atoms with van der Waals surface area (Å²) in [5.41, 5.74) is 2.26. The maximum absolute atomic E-state index is 13.8. The first kappa shape index (κ1) is 20.6. The van der Waals surface area contributed by atoms with Crippen LogP contribution >= 0.6 is 27.3 Å². The first-order valence-corrected chi connectivity index (χ1v) is 11.6. The summed E-state index contributed by atoms with van der Waals surface area (Å²) in [6.07, 6.45) is 2.41. The van der Waals surface area contributed by atoms with Crippen molar-refractivity contribution in [2.45, 2.75) is 24.9 Å². The summed E-state index contributed by atoms with van der Waals surface area (Å²) in [6.45, 7) is 2.34. The van der Waals surface area contributed by atoms with E-state index in [1.807, 2.05) is 10.7 Å². The molecule has 0 radical (unpaired) electrons. The Morgan fingerprint density at radius 3 is 2.90 bits per heavy atom. The van der Waals surface area contributed by atoms with Crippen LogP contribution in [0.5, 0.6) is 5.06 Å². The van der Waals surface area contributed by atoms with Gasteiger partial charge in [0.25, 0.3) is 5.91 Å². The van der Waals surface area contributed by atoms with Gasteiger partial charge in [-0.25, -0.2) is 8.78 Å². The van der Waals surface area contributed by atoms with Gasteiger partial charge in [0, 0.05) is 24.6 Å². The molecule has 0 aliphatic carbocycles. The molecule has 6 nitrogen and oxygen atoms in total. The minimum Gasteiger partial charge on any atom is -0.481 e. The number of benzene rings is 1. The van der Waals surface area contributed by atoms with Gasteiger partial charge in [-0.05, 0) is 52.7 Å². The zero-order valence-electron chi connectivity index (χ0n) is 16.3. The lowest BCUT2D eigenvalue weighted by Gasteiger charge is -2.33. The molecule has 0 saturated carbocycles. The van der Waals surface area contributed by atoms with E-state index >= 15 is 0 Å². The highest BCUT2D eigenvalue weighted by Crippen LogP contribution is 2.42. The van der Waals surface area contributed by atoms with E-state index in [0.29, 0.717) is 48.2 Å². The number of hydrogen-bond acceptors (Lipinski definition) is 5. The highest BCUT2D eigenvalue weighted by molar-refractivity contribution is 9.10. The smallest absolute Gasteiger partial charge is 0.261 e. The molecule has 0 spiro atoms. The number of aromatic nitrogens is 2. The Kier molecular flexibility index (Phi) is 5.53. The second-order valence-corrected chi connectivity index (χ2v) is 9.48. The Morgan fingerprint density at radius 2 is 2.10 bits per heavy atom. The molecule has 0 unspecified atom stereocenters. The van der Waals surface area contributed by atoms with E-state index in [0.717, 1.165) is 21.8 Å². The number of nitrogens with one attached hydrogen (secondary N) is 2. The van der Waals surface area contributed by atoms with Gasteiger partial charge in [0.1, 0.15) is 18.2 Å². The van der Waals surface area contributed by atoms with Crippen LogP contribution in [0.25, 0.3) is 11.3 Å². The maximum Gasteiger partial charge on any atom is 0.261 e. The van der Waals surface area contributed by atoms with E-state index in [-0.39, 0.29) is 17.9 Å². The summed E-state index contributed by atoms with van der Waals surface area (Å²) in [5.74, 6) is -1.64. The number of carbonyl (C=O) groups is 1. The van der Waals surface area contributed by atoms with Crippen LogP contribution in [-0.4, -0.2) is 41.4 Å². The van der Waals surface area contributed by atoms with E-state index in [9.17, 15) is 13.6 Å². The molecule has 2 aliphatic rings. The minimum atomic E-state index is -0.611. The molecule has 1 aromatic carbocycles. The third kappa shape index (κ3) is 3.99. The Bertz CT molecular complexity index is 1130. The van der Waals surface area contributed by atoms with Crippen molar-refractivity contribution >= 4 is 33.2 Å². The highest BCUT2D eigenvalue weighted by atomic mass is 79.9. The van der Waals surface area contributed by atoms with Crippen molar-refractivity contribution in [1.29, 1.82) is 0 Å². The molecule has 2 N–H and O–H groups in total. The fourth-order valence-electron chi connectivity index (χ4n) is 4.22. The third-order valence-corrected chi connectivity index (χ3v) is 7.25. The SMILES string of the molecule is O=C(N[C@@H]1CNCC[C@H]1c1cc(F)cc(F)c1)c1cc2c(s1)OCCn1ncc(Br)c1-2. The zero-order chi connectivity index (χ0) is 21.5. The number of carbonyl (C=O) groups excluding carboxylic acids is 1. The first-order chi connectivity index (χ1) is 15.0. The molecule has 1 saturated heterocycles. The van der Waals surface area contributed by atoms with Crippen molar-refractivity contribution in [3.63, 3.8) is 0 Å². The van der Waals surface area contributed by atoms with E-state index in [4.69, 9.17) is 4.74 Å². The first-order valence-electron chi connectivity index (χ1n) is 9.95. The van der Waals surface area contributed by atoms with Gasteiger partial charge in [-0.1, -0.05) is 11.3 Å². The average Bonchev–Trinajstić information content (AvgIpc) is 3.26. The second-order valence-electron chi connectivity index (χ2n) is 7.61.